The second-order valence-corrected chi connectivity index (χ2v) is 3.89. The van der Waals surface area contributed by atoms with Crippen molar-refractivity contribution in [1.29, 1.82) is 0 Å². The Kier molecular flexibility index (Phi) is 3.61. The molecule has 0 fully saturated rings. The first-order chi connectivity index (χ1) is 9.11. The molecule has 1 N–H and O–H groups in total. The molecule has 0 saturated carbocycles. The summed E-state index contributed by atoms with van der Waals surface area (Å²) >= 11 is 0. The van der Waals surface area contributed by atoms with Crippen LogP contribution < -0.4 is 10.1 Å². The monoisotopic (exact) mass is 259 g/mol. The van der Waals surface area contributed by atoms with Gasteiger partial charge in [0, 0.05) is 25.4 Å². The highest BCUT2D eigenvalue weighted by molar-refractivity contribution is 5.50. The first kappa shape index (κ1) is 12.8. The van der Waals surface area contributed by atoms with Gasteiger partial charge in [0.15, 0.2) is 0 Å². The molecule has 1 aromatic carbocycles. The smallest absolute Gasteiger partial charge is 0.276 e. The van der Waals surface area contributed by atoms with E-state index < -0.39 is 4.92 Å². The Hall–Kier alpha value is -2.63. The molecular weight excluding hydrogens is 246 g/mol. The van der Waals surface area contributed by atoms with Crippen molar-refractivity contribution in [3.05, 3.63) is 52.2 Å². The van der Waals surface area contributed by atoms with E-state index in [0.29, 0.717) is 22.9 Å². The van der Waals surface area contributed by atoms with Crippen LogP contribution in [-0.2, 0) is 0 Å². The number of hydrogen-bond donors (Lipinski definition) is 1. The molecule has 0 aliphatic heterocycles. The lowest BCUT2D eigenvalue weighted by molar-refractivity contribution is -0.385. The molecule has 2 aromatic rings. The maximum absolute atomic E-state index is 10.9. The van der Waals surface area contributed by atoms with Crippen molar-refractivity contribution in [1.82, 2.24) is 4.98 Å². The SMILES string of the molecule is CNc1cc(Oc2cccc([N+](=O)[O-])c2C)ccn1. The molecule has 0 unspecified atom stereocenters. The van der Waals surface area contributed by atoms with E-state index in [-0.39, 0.29) is 5.69 Å². The molecule has 2 rings (SSSR count). The molecule has 0 atom stereocenters. The lowest BCUT2D eigenvalue weighted by Gasteiger charge is -2.09. The number of nitro benzene ring substituents is 1. The Morgan fingerprint density at radius 3 is 2.84 bits per heavy atom. The van der Waals surface area contributed by atoms with Gasteiger partial charge >= 0.3 is 0 Å². The molecule has 6 heteroatoms. The van der Waals surface area contributed by atoms with Crippen LogP contribution in [0.1, 0.15) is 5.56 Å². The van der Waals surface area contributed by atoms with Crippen LogP contribution in [0, 0.1) is 17.0 Å². The fourth-order valence-electron chi connectivity index (χ4n) is 1.65. The minimum Gasteiger partial charge on any atom is -0.457 e. The molecule has 0 radical (unpaired) electrons. The highest BCUT2D eigenvalue weighted by atomic mass is 16.6. The number of nitrogens with zero attached hydrogens (tertiary/aromatic N) is 2. The summed E-state index contributed by atoms with van der Waals surface area (Å²) in [6.07, 6.45) is 1.61. The predicted molar refractivity (Wildman–Crippen MR) is 71.7 cm³/mol. The topological polar surface area (TPSA) is 77.3 Å². The van der Waals surface area contributed by atoms with Crippen molar-refractivity contribution in [2.75, 3.05) is 12.4 Å². The fourth-order valence-corrected chi connectivity index (χ4v) is 1.65. The van der Waals surface area contributed by atoms with E-state index in [2.05, 4.69) is 10.3 Å². The summed E-state index contributed by atoms with van der Waals surface area (Å²) in [4.78, 5) is 14.5. The molecule has 0 aliphatic carbocycles. The number of nitro groups is 1. The Morgan fingerprint density at radius 2 is 2.16 bits per heavy atom. The van der Waals surface area contributed by atoms with Gasteiger partial charge in [-0.2, -0.15) is 0 Å². The Balaban J connectivity index is 2.33. The molecule has 98 valence electrons. The Morgan fingerprint density at radius 1 is 1.37 bits per heavy atom. The van der Waals surface area contributed by atoms with Crippen molar-refractivity contribution in [2.45, 2.75) is 6.92 Å². The van der Waals surface area contributed by atoms with Gasteiger partial charge in [0.2, 0.25) is 0 Å². The van der Waals surface area contributed by atoms with Gasteiger partial charge in [-0.15, -0.1) is 0 Å². The van der Waals surface area contributed by atoms with E-state index in [1.165, 1.54) is 6.07 Å². The lowest BCUT2D eigenvalue weighted by atomic mass is 10.2. The first-order valence-electron chi connectivity index (χ1n) is 5.67. The highest BCUT2D eigenvalue weighted by Gasteiger charge is 2.14. The van der Waals surface area contributed by atoms with Gasteiger partial charge in [-0.05, 0) is 19.1 Å². The van der Waals surface area contributed by atoms with Crippen molar-refractivity contribution in [3.8, 4) is 11.5 Å². The van der Waals surface area contributed by atoms with Gasteiger partial charge < -0.3 is 10.1 Å². The molecular formula is C13H13N3O3. The molecule has 0 bridgehead atoms. The maximum Gasteiger partial charge on any atom is 0.276 e. The number of ether oxygens (including phenoxy) is 1. The van der Waals surface area contributed by atoms with Gasteiger partial charge in [0.25, 0.3) is 5.69 Å². The van der Waals surface area contributed by atoms with E-state index in [1.807, 2.05) is 0 Å². The molecule has 0 amide bonds. The quantitative estimate of drug-likeness (QED) is 0.674. The fraction of sp³-hybridized carbons (Fsp3) is 0.154. The van der Waals surface area contributed by atoms with Crippen molar-refractivity contribution in [3.63, 3.8) is 0 Å². The number of rotatable bonds is 4. The van der Waals surface area contributed by atoms with Crippen molar-refractivity contribution < 1.29 is 9.66 Å². The van der Waals surface area contributed by atoms with Crippen LogP contribution >= 0.6 is 0 Å². The molecule has 19 heavy (non-hydrogen) atoms. The van der Waals surface area contributed by atoms with Gasteiger partial charge in [0.05, 0.1) is 10.5 Å². The summed E-state index contributed by atoms with van der Waals surface area (Å²) in [5.74, 6) is 1.70. The largest absolute Gasteiger partial charge is 0.457 e. The maximum atomic E-state index is 10.9. The van der Waals surface area contributed by atoms with E-state index in [9.17, 15) is 10.1 Å². The van der Waals surface area contributed by atoms with E-state index in [4.69, 9.17) is 4.74 Å². The Bertz CT molecular complexity index is 614. The lowest BCUT2D eigenvalue weighted by Crippen LogP contribution is -1.96. The van der Waals surface area contributed by atoms with Gasteiger partial charge in [0.1, 0.15) is 17.3 Å². The van der Waals surface area contributed by atoms with Crippen LogP contribution in [0.25, 0.3) is 0 Å². The summed E-state index contributed by atoms with van der Waals surface area (Å²) in [6.45, 7) is 1.66. The van der Waals surface area contributed by atoms with Crippen molar-refractivity contribution in [2.24, 2.45) is 0 Å². The summed E-state index contributed by atoms with van der Waals surface area (Å²) in [5, 5.41) is 13.8. The second kappa shape index (κ2) is 5.34. The van der Waals surface area contributed by atoms with Crippen LogP contribution in [-0.4, -0.2) is 17.0 Å². The van der Waals surface area contributed by atoms with Gasteiger partial charge in [-0.3, -0.25) is 10.1 Å². The van der Waals surface area contributed by atoms with Crippen LogP contribution in [0.5, 0.6) is 11.5 Å². The zero-order valence-electron chi connectivity index (χ0n) is 10.6. The summed E-state index contributed by atoms with van der Waals surface area (Å²) in [6, 6.07) is 8.16. The molecule has 1 heterocycles. The average molecular weight is 259 g/mol. The summed E-state index contributed by atoms with van der Waals surface area (Å²) < 4.78 is 5.66. The van der Waals surface area contributed by atoms with E-state index in [0.717, 1.165) is 0 Å². The first-order valence-corrected chi connectivity index (χ1v) is 5.67. The molecule has 1 aromatic heterocycles. The Labute approximate surface area is 110 Å². The zero-order chi connectivity index (χ0) is 13.8. The van der Waals surface area contributed by atoms with Gasteiger partial charge in [-0.1, -0.05) is 6.07 Å². The van der Waals surface area contributed by atoms with Crippen LogP contribution in [0.3, 0.4) is 0 Å². The van der Waals surface area contributed by atoms with Crippen LogP contribution in [0.15, 0.2) is 36.5 Å². The number of nitrogens with one attached hydrogen (secondary N) is 1. The molecule has 6 nitrogen and oxygen atoms in total. The summed E-state index contributed by atoms with van der Waals surface area (Å²) in [7, 11) is 1.75. The average Bonchev–Trinajstić information content (AvgIpc) is 2.41. The predicted octanol–water partition coefficient (Wildman–Crippen LogP) is 3.13. The molecule has 0 aliphatic rings. The minimum atomic E-state index is -0.423. The zero-order valence-corrected chi connectivity index (χ0v) is 10.6. The third-order valence-electron chi connectivity index (χ3n) is 2.67. The van der Waals surface area contributed by atoms with E-state index in [1.54, 1.807) is 44.4 Å². The standard InChI is InChI=1S/C13H13N3O3/c1-9-11(16(17)18)4-3-5-12(9)19-10-6-7-15-13(8-10)14-2/h3-8H,1-2H3,(H,14,15). The highest BCUT2D eigenvalue weighted by Crippen LogP contribution is 2.31. The number of benzene rings is 1. The second-order valence-electron chi connectivity index (χ2n) is 3.89. The number of aromatic nitrogens is 1. The molecule has 0 spiro atoms. The van der Waals surface area contributed by atoms with E-state index >= 15 is 0 Å². The number of anilines is 1. The minimum absolute atomic E-state index is 0.0420. The van der Waals surface area contributed by atoms with Gasteiger partial charge in [-0.25, -0.2) is 4.98 Å². The van der Waals surface area contributed by atoms with Crippen LogP contribution in [0.2, 0.25) is 0 Å². The molecule has 0 saturated heterocycles. The third kappa shape index (κ3) is 2.79. The number of hydrogen-bond acceptors (Lipinski definition) is 5. The van der Waals surface area contributed by atoms with Crippen molar-refractivity contribution >= 4 is 11.5 Å². The number of pyridine rings is 1. The van der Waals surface area contributed by atoms with Crippen LogP contribution in [0.4, 0.5) is 11.5 Å². The summed E-state index contributed by atoms with van der Waals surface area (Å²) in [5.41, 5.74) is 0.538. The normalized spacial score (nSPS) is 10.0. The third-order valence-corrected chi connectivity index (χ3v) is 2.67.